The van der Waals surface area contributed by atoms with Gasteiger partial charge < -0.3 is 19.7 Å². The summed E-state index contributed by atoms with van der Waals surface area (Å²) in [5, 5.41) is 16.6. The van der Waals surface area contributed by atoms with Gasteiger partial charge in [-0.2, -0.15) is 0 Å². The van der Waals surface area contributed by atoms with Crippen LogP contribution < -0.4 is 5.32 Å². The minimum absolute atomic E-state index is 0.0364. The smallest absolute Gasteiger partial charge is 0.162 e. The zero-order valence-corrected chi connectivity index (χ0v) is 9.82. The van der Waals surface area contributed by atoms with Crippen molar-refractivity contribution in [2.45, 2.75) is 43.9 Å². The molecule has 0 atom stereocenters. The van der Waals surface area contributed by atoms with Crippen LogP contribution in [0.1, 0.15) is 30.7 Å². The molecule has 17 heavy (non-hydrogen) atoms. The van der Waals surface area contributed by atoms with E-state index in [-0.39, 0.29) is 12.1 Å². The molecule has 5 nitrogen and oxygen atoms in total. The first kappa shape index (κ1) is 11.2. The number of nitrogens with zero attached hydrogens (tertiary/aromatic N) is 1. The number of aliphatic hydroxyl groups is 1. The average molecular weight is 238 g/mol. The molecule has 1 aromatic rings. The van der Waals surface area contributed by atoms with Gasteiger partial charge in [0.15, 0.2) is 5.76 Å². The van der Waals surface area contributed by atoms with Crippen molar-refractivity contribution in [1.82, 2.24) is 10.5 Å². The Labute approximate surface area is 100 Å². The molecule has 0 aromatic carbocycles. The third-order valence-electron chi connectivity index (χ3n) is 3.66. The highest BCUT2D eigenvalue weighted by Crippen LogP contribution is 2.28. The molecule has 0 bridgehead atoms. The molecule has 3 rings (SSSR count). The van der Waals surface area contributed by atoms with E-state index in [1.54, 1.807) is 0 Å². The number of hydrogen-bond donors (Lipinski definition) is 2. The normalized spacial score (nSPS) is 23.1. The van der Waals surface area contributed by atoms with E-state index >= 15 is 0 Å². The van der Waals surface area contributed by atoms with E-state index in [9.17, 15) is 0 Å². The molecule has 0 spiro atoms. The quantitative estimate of drug-likeness (QED) is 0.787. The Bertz CT molecular complexity index is 383. The standard InChI is InChI=1S/C12H18N2O3/c15-6-11-4-10(14-17-11)5-12(7-16-8-12)13-9-2-1-3-9/h4,9,13,15H,1-3,5-8H2. The largest absolute Gasteiger partial charge is 0.388 e. The number of aromatic nitrogens is 1. The molecule has 1 saturated heterocycles. The van der Waals surface area contributed by atoms with E-state index in [1.807, 2.05) is 6.07 Å². The van der Waals surface area contributed by atoms with E-state index in [1.165, 1.54) is 19.3 Å². The van der Waals surface area contributed by atoms with Crippen LogP contribution in [0.3, 0.4) is 0 Å². The van der Waals surface area contributed by atoms with Crippen molar-refractivity contribution in [3.8, 4) is 0 Å². The van der Waals surface area contributed by atoms with Crippen molar-refractivity contribution < 1.29 is 14.4 Å². The van der Waals surface area contributed by atoms with E-state index < -0.39 is 0 Å². The number of rotatable bonds is 5. The molecule has 2 fully saturated rings. The second-order valence-corrected chi connectivity index (χ2v) is 5.16. The number of nitrogens with one attached hydrogen (secondary N) is 1. The highest BCUT2D eigenvalue weighted by molar-refractivity contribution is 5.12. The van der Waals surface area contributed by atoms with Crippen LogP contribution in [-0.2, 0) is 17.8 Å². The summed E-state index contributed by atoms with van der Waals surface area (Å²) in [5.74, 6) is 0.527. The van der Waals surface area contributed by atoms with Gasteiger partial charge in [0.2, 0.25) is 0 Å². The molecule has 2 aliphatic rings. The summed E-state index contributed by atoms with van der Waals surface area (Å²) in [6.07, 6.45) is 4.67. The van der Waals surface area contributed by atoms with Crippen LogP contribution >= 0.6 is 0 Å². The molecule has 94 valence electrons. The molecule has 2 N–H and O–H groups in total. The molecule has 5 heteroatoms. The summed E-state index contributed by atoms with van der Waals surface area (Å²) in [5.41, 5.74) is 0.929. The fourth-order valence-electron chi connectivity index (χ4n) is 2.43. The predicted molar refractivity (Wildman–Crippen MR) is 60.5 cm³/mol. The Morgan fingerprint density at radius 1 is 1.47 bits per heavy atom. The molecule has 0 radical (unpaired) electrons. The Balaban J connectivity index is 1.64. The Hall–Kier alpha value is -0.910. The van der Waals surface area contributed by atoms with E-state index in [0.717, 1.165) is 25.3 Å². The van der Waals surface area contributed by atoms with Gasteiger partial charge in [-0.3, -0.25) is 0 Å². The minimum atomic E-state index is -0.0907. The third kappa shape index (κ3) is 2.22. The van der Waals surface area contributed by atoms with Crippen LogP contribution in [0.4, 0.5) is 0 Å². The minimum Gasteiger partial charge on any atom is -0.388 e. The monoisotopic (exact) mass is 238 g/mol. The van der Waals surface area contributed by atoms with Gasteiger partial charge >= 0.3 is 0 Å². The second kappa shape index (κ2) is 4.40. The van der Waals surface area contributed by atoms with Gasteiger partial charge in [-0.1, -0.05) is 11.6 Å². The van der Waals surface area contributed by atoms with Crippen molar-refractivity contribution in [1.29, 1.82) is 0 Å². The van der Waals surface area contributed by atoms with Gasteiger partial charge in [0.05, 0.1) is 24.4 Å². The summed E-state index contributed by atoms with van der Waals surface area (Å²) in [6, 6.07) is 2.46. The van der Waals surface area contributed by atoms with Crippen molar-refractivity contribution >= 4 is 0 Å². The zero-order valence-electron chi connectivity index (χ0n) is 9.82. The van der Waals surface area contributed by atoms with Gasteiger partial charge in [-0.05, 0) is 12.8 Å². The van der Waals surface area contributed by atoms with Gasteiger partial charge in [0, 0.05) is 18.5 Å². The van der Waals surface area contributed by atoms with Crippen molar-refractivity contribution in [2.24, 2.45) is 0 Å². The third-order valence-corrected chi connectivity index (χ3v) is 3.66. The van der Waals surface area contributed by atoms with Crippen LogP contribution in [0.25, 0.3) is 0 Å². The molecule has 2 heterocycles. The van der Waals surface area contributed by atoms with Crippen LogP contribution in [0.5, 0.6) is 0 Å². The highest BCUT2D eigenvalue weighted by Gasteiger charge is 2.41. The van der Waals surface area contributed by atoms with Gasteiger partial charge in [-0.15, -0.1) is 0 Å². The fourth-order valence-corrected chi connectivity index (χ4v) is 2.43. The van der Waals surface area contributed by atoms with Crippen molar-refractivity contribution in [2.75, 3.05) is 13.2 Å². The Kier molecular flexibility index (Phi) is 2.90. The van der Waals surface area contributed by atoms with Crippen LogP contribution in [0.15, 0.2) is 10.6 Å². The predicted octanol–water partition coefficient (Wildman–Crippen LogP) is 0.620. The molecular weight excluding hydrogens is 220 g/mol. The lowest BCUT2D eigenvalue weighted by Crippen LogP contribution is -2.65. The van der Waals surface area contributed by atoms with Crippen LogP contribution in [0, 0.1) is 0 Å². The van der Waals surface area contributed by atoms with Gasteiger partial charge in [-0.25, -0.2) is 0 Å². The zero-order chi connectivity index (χ0) is 11.7. The molecule has 1 saturated carbocycles. The summed E-state index contributed by atoms with van der Waals surface area (Å²) in [6.45, 7) is 1.39. The van der Waals surface area contributed by atoms with Gasteiger partial charge in [0.25, 0.3) is 0 Å². The number of ether oxygens (including phenoxy) is 1. The van der Waals surface area contributed by atoms with E-state index in [2.05, 4.69) is 10.5 Å². The highest BCUT2D eigenvalue weighted by atomic mass is 16.5. The summed E-state index contributed by atoms with van der Waals surface area (Å²) >= 11 is 0. The van der Waals surface area contributed by atoms with Crippen LogP contribution in [0.2, 0.25) is 0 Å². The maximum Gasteiger partial charge on any atom is 0.162 e. The Morgan fingerprint density at radius 2 is 2.29 bits per heavy atom. The van der Waals surface area contributed by atoms with Crippen LogP contribution in [-0.4, -0.2) is 35.1 Å². The molecule has 1 aliphatic carbocycles. The lowest BCUT2D eigenvalue weighted by Gasteiger charge is -2.46. The average Bonchev–Trinajstić information content (AvgIpc) is 2.66. The van der Waals surface area contributed by atoms with Gasteiger partial charge in [0.1, 0.15) is 6.61 Å². The fraction of sp³-hybridized carbons (Fsp3) is 0.750. The molecule has 1 aliphatic heterocycles. The molecule has 0 amide bonds. The maximum absolute atomic E-state index is 8.94. The Morgan fingerprint density at radius 3 is 2.76 bits per heavy atom. The first-order chi connectivity index (χ1) is 8.30. The first-order valence-electron chi connectivity index (χ1n) is 6.20. The summed E-state index contributed by atoms with van der Waals surface area (Å²) in [7, 11) is 0. The topological polar surface area (TPSA) is 67.5 Å². The van der Waals surface area contributed by atoms with E-state index in [0.29, 0.717) is 11.8 Å². The summed E-state index contributed by atoms with van der Waals surface area (Å²) < 4.78 is 10.3. The summed E-state index contributed by atoms with van der Waals surface area (Å²) in [4.78, 5) is 0. The van der Waals surface area contributed by atoms with Crippen molar-refractivity contribution in [3.63, 3.8) is 0 Å². The lowest BCUT2D eigenvalue weighted by atomic mass is 9.85. The maximum atomic E-state index is 8.94. The molecular formula is C12H18N2O3. The molecule has 1 aromatic heterocycles. The number of hydrogen-bond acceptors (Lipinski definition) is 5. The van der Waals surface area contributed by atoms with E-state index in [4.69, 9.17) is 14.4 Å². The number of aliphatic hydroxyl groups excluding tert-OH is 1. The molecule has 0 unspecified atom stereocenters. The van der Waals surface area contributed by atoms with Crippen molar-refractivity contribution in [3.05, 3.63) is 17.5 Å². The SMILES string of the molecule is OCc1cc(CC2(NC3CCC3)COC2)no1. The first-order valence-corrected chi connectivity index (χ1v) is 6.20. The second-order valence-electron chi connectivity index (χ2n) is 5.16. The lowest BCUT2D eigenvalue weighted by molar-refractivity contribution is -0.0838.